The molecule has 0 saturated carbocycles. The number of hydrogen-bond donors (Lipinski definition) is 1. The van der Waals surface area contributed by atoms with E-state index in [9.17, 15) is 19.5 Å². The molecule has 6 nitrogen and oxygen atoms in total. The number of carbonyl (C=O) groups is 3. The van der Waals surface area contributed by atoms with Gasteiger partial charge in [0.25, 0.3) is 0 Å². The first-order chi connectivity index (χ1) is 10.7. The summed E-state index contributed by atoms with van der Waals surface area (Å²) in [5.74, 6) is -2.40. The number of benzene rings is 1. The number of rotatable bonds is 9. The smallest absolute Gasteiger partial charge is 0.336 e. The second-order valence-electron chi connectivity index (χ2n) is 4.36. The van der Waals surface area contributed by atoms with Gasteiger partial charge in [-0.15, -0.1) is 0 Å². The first kappa shape index (κ1) is 13.8. The molecular weight excluding hydrogens is 276 g/mol. The second-order valence-corrected chi connectivity index (χ2v) is 4.36. The molecular formula is C15H18O6. The minimum absolute atomic E-state index is 0.128. The molecule has 1 rings (SSSR count). The van der Waals surface area contributed by atoms with Crippen molar-refractivity contribution in [2.75, 3.05) is 6.56 Å². The zero-order valence-electron chi connectivity index (χ0n) is 13.6. The van der Waals surface area contributed by atoms with Gasteiger partial charge in [-0.3, -0.25) is 4.79 Å². The van der Waals surface area contributed by atoms with Crippen LogP contribution in [0.5, 0.6) is 0 Å². The topological polar surface area (TPSA) is 89.9 Å². The second kappa shape index (κ2) is 8.16. The van der Waals surface area contributed by atoms with Gasteiger partial charge in [-0.25, -0.2) is 4.79 Å². The Morgan fingerprint density at radius 1 is 1.38 bits per heavy atom. The number of ether oxygens (including phenoxy) is 2. The largest absolute Gasteiger partial charge is 0.479 e. The van der Waals surface area contributed by atoms with Gasteiger partial charge in [0.2, 0.25) is 0 Å². The minimum Gasteiger partial charge on any atom is -0.479 e. The van der Waals surface area contributed by atoms with Crippen LogP contribution < -0.4 is 0 Å². The highest BCUT2D eigenvalue weighted by Gasteiger charge is 2.39. The van der Waals surface area contributed by atoms with Crippen molar-refractivity contribution >= 4 is 18.2 Å². The Morgan fingerprint density at radius 2 is 2.05 bits per heavy atom. The quantitative estimate of drug-likeness (QED) is 0.549. The molecule has 1 N–H and O–H groups in total. The van der Waals surface area contributed by atoms with Crippen molar-refractivity contribution in [1.82, 2.24) is 0 Å². The van der Waals surface area contributed by atoms with Gasteiger partial charge in [-0.05, 0) is 5.56 Å². The van der Waals surface area contributed by atoms with Crippen molar-refractivity contribution in [3.8, 4) is 0 Å². The molecule has 0 aliphatic carbocycles. The maximum absolute atomic E-state index is 11.6. The molecule has 0 aliphatic rings. The van der Waals surface area contributed by atoms with Crippen molar-refractivity contribution in [1.29, 1.82) is 0 Å². The van der Waals surface area contributed by atoms with Gasteiger partial charge in [0.15, 0.2) is 5.60 Å². The van der Waals surface area contributed by atoms with E-state index < -0.39 is 36.9 Å². The molecule has 1 aromatic carbocycles. The van der Waals surface area contributed by atoms with E-state index in [0.717, 1.165) is 6.92 Å². The van der Waals surface area contributed by atoms with E-state index in [0.29, 0.717) is 11.8 Å². The Morgan fingerprint density at radius 3 is 2.57 bits per heavy atom. The summed E-state index contributed by atoms with van der Waals surface area (Å²) in [6.45, 7) is -1.70. The third-order valence-electron chi connectivity index (χ3n) is 2.73. The number of hydrogen-bond acceptors (Lipinski definition) is 5. The molecule has 1 atom stereocenters. The van der Waals surface area contributed by atoms with E-state index in [-0.39, 0.29) is 6.61 Å². The molecule has 0 amide bonds. The maximum Gasteiger partial charge on any atom is 0.336 e. The fourth-order valence-corrected chi connectivity index (χ4v) is 1.59. The van der Waals surface area contributed by atoms with Gasteiger partial charge >= 0.3 is 11.9 Å². The van der Waals surface area contributed by atoms with Crippen molar-refractivity contribution in [3.05, 3.63) is 35.9 Å². The summed E-state index contributed by atoms with van der Waals surface area (Å²) in [6, 6.07) is 8.65. The summed E-state index contributed by atoms with van der Waals surface area (Å²) < 4.78 is 25.1. The van der Waals surface area contributed by atoms with E-state index in [2.05, 4.69) is 4.74 Å². The average molecular weight is 296 g/mol. The normalized spacial score (nSPS) is 15.3. The summed E-state index contributed by atoms with van der Waals surface area (Å²) >= 11 is 0. The standard InChI is InChI=1S/C15H18O6/c1-12(17)20-10-8-15(7-9-16,14(18)19)21-11-13-5-3-2-4-6-13/h2-6,9H,7-8,10-11H2,1H3,(H,18,19)/i10D2. The van der Waals surface area contributed by atoms with Crippen LogP contribution in [0.1, 0.15) is 28.1 Å². The molecule has 0 radical (unpaired) electrons. The van der Waals surface area contributed by atoms with Gasteiger partial charge in [0.1, 0.15) is 6.29 Å². The first-order valence-electron chi connectivity index (χ1n) is 7.25. The predicted octanol–water partition coefficient (Wildman–Crippen LogP) is 1.57. The number of carboxylic acid groups (broad SMARTS) is 1. The van der Waals surface area contributed by atoms with Crippen molar-refractivity contribution in [2.24, 2.45) is 0 Å². The Kier molecular flexibility index (Phi) is 5.35. The lowest BCUT2D eigenvalue weighted by Crippen LogP contribution is -2.43. The van der Waals surface area contributed by atoms with E-state index in [4.69, 9.17) is 7.48 Å². The molecule has 1 unspecified atom stereocenters. The van der Waals surface area contributed by atoms with Gasteiger partial charge in [0.05, 0.1) is 15.9 Å². The minimum atomic E-state index is -2.58. The maximum atomic E-state index is 11.6. The molecule has 0 saturated heterocycles. The van der Waals surface area contributed by atoms with Crippen molar-refractivity contribution in [3.63, 3.8) is 0 Å². The molecule has 21 heavy (non-hydrogen) atoms. The Labute approximate surface area is 125 Å². The van der Waals surface area contributed by atoms with Crippen LogP contribution in [0, 0.1) is 0 Å². The van der Waals surface area contributed by atoms with Gasteiger partial charge in [0, 0.05) is 19.8 Å². The lowest BCUT2D eigenvalue weighted by Gasteiger charge is -2.27. The molecule has 0 heterocycles. The molecule has 0 aromatic heterocycles. The van der Waals surface area contributed by atoms with E-state index in [1.807, 2.05) is 0 Å². The summed E-state index contributed by atoms with van der Waals surface area (Å²) in [5, 5.41) is 9.44. The van der Waals surface area contributed by atoms with Gasteiger partial charge < -0.3 is 19.4 Å². The molecule has 1 aromatic rings. The molecule has 0 spiro atoms. The highest BCUT2D eigenvalue weighted by Crippen LogP contribution is 2.23. The van der Waals surface area contributed by atoms with Crippen molar-refractivity contribution in [2.45, 2.75) is 32.0 Å². The van der Waals surface area contributed by atoms with Crippen LogP contribution in [0.15, 0.2) is 30.3 Å². The number of carboxylic acids is 1. The van der Waals surface area contributed by atoms with Crippen LogP contribution >= 0.6 is 0 Å². The van der Waals surface area contributed by atoms with Gasteiger partial charge in [-0.1, -0.05) is 30.3 Å². The third kappa shape index (κ3) is 5.35. The van der Waals surface area contributed by atoms with E-state index >= 15 is 0 Å². The average Bonchev–Trinajstić information content (AvgIpc) is 2.44. The fourth-order valence-electron chi connectivity index (χ4n) is 1.59. The van der Waals surface area contributed by atoms with Crippen molar-refractivity contribution < 1.29 is 31.7 Å². The summed E-state index contributed by atoms with van der Waals surface area (Å²) in [5.41, 5.74) is -1.46. The lowest BCUT2D eigenvalue weighted by molar-refractivity contribution is -0.174. The monoisotopic (exact) mass is 296 g/mol. The molecule has 0 bridgehead atoms. The predicted molar refractivity (Wildman–Crippen MR) is 73.5 cm³/mol. The number of carbonyl (C=O) groups excluding carboxylic acids is 2. The SMILES string of the molecule is [2H]C([2H])(CC(CC=O)(OCc1ccccc1)C(=O)O)OC(C)=O. The molecule has 114 valence electrons. The summed E-state index contributed by atoms with van der Waals surface area (Å²) in [7, 11) is 0. The first-order valence-corrected chi connectivity index (χ1v) is 6.25. The van der Waals surface area contributed by atoms with Crippen LogP contribution in [0.3, 0.4) is 0 Å². The van der Waals surface area contributed by atoms with Gasteiger partial charge in [-0.2, -0.15) is 0 Å². The fraction of sp³-hybridized carbons (Fsp3) is 0.400. The van der Waals surface area contributed by atoms with E-state index in [1.165, 1.54) is 0 Å². The highest BCUT2D eigenvalue weighted by atomic mass is 16.5. The Balaban J connectivity index is 2.99. The third-order valence-corrected chi connectivity index (χ3v) is 2.73. The number of aliphatic carboxylic acids is 1. The van der Waals surface area contributed by atoms with Crippen LogP contribution in [0.4, 0.5) is 0 Å². The molecule has 0 fully saturated rings. The van der Waals surface area contributed by atoms with E-state index in [1.54, 1.807) is 30.3 Å². The Hall–Kier alpha value is -2.21. The molecule has 0 aliphatic heterocycles. The summed E-state index contributed by atoms with van der Waals surface area (Å²) in [6.07, 6.45) is -1.04. The van der Waals surface area contributed by atoms with Crippen LogP contribution in [-0.2, 0) is 30.5 Å². The zero-order chi connectivity index (χ0) is 17.5. The number of aldehydes is 1. The zero-order valence-corrected chi connectivity index (χ0v) is 11.6. The van der Waals surface area contributed by atoms with Crippen LogP contribution in [0.2, 0.25) is 0 Å². The summed E-state index contributed by atoms with van der Waals surface area (Å²) in [4.78, 5) is 33.4. The lowest BCUT2D eigenvalue weighted by atomic mass is 9.96. The van der Waals surface area contributed by atoms with Crippen LogP contribution in [0.25, 0.3) is 0 Å². The van der Waals surface area contributed by atoms with Crippen LogP contribution in [-0.4, -0.2) is 35.5 Å². The molecule has 6 heteroatoms. The highest BCUT2D eigenvalue weighted by molar-refractivity contribution is 5.81. The number of esters is 1. The Bertz CT molecular complexity index is 560.